The number of ether oxygens (including phenoxy) is 14. The number of Topliss-reactive ketones (excluding diaryl/α,β-unsaturated/α-hetero) is 3. The van der Waals surface area contributed by atoms with E-state index in [0.717, 1.165) is 24.5 Å². The summed E-state index contributed by atoms with van der Waals surface area (Å²) in [6.07, 6.45) is -68.9. The van der Waals surface area contributed by atoms with Gasteiger partial charge in [-0.2, -0.15) is 0 Å². The van der Waals surface area contributed by atoms with Crippen LogP contribution in [0.1, 0.15) is 29.6 Å². The number of ketones is 3. The highest BCUT2D eigenvalue weighted by atomic mass is 32.2. The number of sulfone groups is 1. The number of aliphatic hydroxyl groups excluding tert-OH is 21. The van der Waals surface area contributed by atoms with Gasteiger partial charge in [-0.3, -0.25) is 24.5 Å². The van der Waals surface area contributed by atoms with Crippen LogP contribution in [0.2, 0.25) is 0 Å². The molecule has 44 heteroatoms. The van der Waals surface area contributed by atoms with E-state index in [-0.39, 0.29) is 17.7 Å². The van der Waals surface area contributed by atoms with E-state index in [9.17, 15) is 140 Å². The summed E-state index contributed by atoms with van der Waals surface area (Å²) < 4.78 is 102. The van der Waals surface area contributed by atoms with Gasteiger partial charge in [0, 0.05) is 25.2 Å². The Hall–Kier alpha value is -3.82. The topological polar surface area (TPSA) is 683 Å². The van der Waals surface area contributed by atoms with Crippen LogP contribution in [0.5, 0.6) is 0 Å². The van der Waals surface area contributed by atoms with Gasteiger partial charge in [-0.25, -0.2) is 8.42 Å². The zero-order valence-electron chi connectivity index (χ0n) is 52.4. The van der Waals surface area contributed by atoms with Crippen molar-refractivity contribution in [3.8, 4) is 0 Å². The van der Waals surface area contributed by atoms with Crippen LogP contribution in [0.4, 0.5) is 5.69 Å². The summed E-state index contributed by atoms with van der Waals surface area (Å²) in [5.41, 5.74) is -1.17. The first-order valence-electron chi connectivity index (χ1n) is 31.3. The van der Waals surface area contributed by atoms with Crippen LogP contribution in [0.15, 0.2) is 23.1 Å². The predicted octanol–water partition coefficient (Wildman–Crippen LogP) is -14.1. The quantitative estimate of drug-likeness (QED) is 0.0423. The molecule has 23 rings (SSSR count). The van der Waals surface area contributed by atoms with Crippen molar-refractivity contribution in [2.45, 2.75) is 239 Å². The first kappa shape index (κ1) is 80.3. The van der Waals surface area contributed by atoms with Crippen molar-refractivity contribution in [1.82, 2.24) is 0 Å². The summed E-state index contributed by atoms with van der Waals surface area (Å²) in [7, 11) is -3.70. The van der Waals surface area contributed by atoms with Crippen LogP contribution in [0, 0.1) is 16.0 Å². The third-order valence-corrected chi connectivity index (χ3v) is 19.5. The summed E-state index contributed by atoms with van der Waals surface area (Å²) in [6.45, 7) is -7.33. The molecule has 22 aliphatic rings. The molecule has 21 aliphatic heterocycles. The van der Waals surface area contributed by atoms with Crippen LogP contribution in [-0.4, -0.2) is 405 Å². The molecule has 21 saturated heterocycles. The molecule has 570 valence electrons. The van der Waals surface area contributed by atoms with Gasteiger partial charge >= 0.3 is 0 Å². The van der Waals surface area contributed by atoms with Crippen LogP contribution in [-0.2, 0) is 85.7 Å². The highest BCUT2D eigenvalue weighted by molar-refractivity contribution is 7.90. The van der Waals surface area contributed by atoms with E-state index in [1.807, 2.05) is 0 Å². The number of nitro groups is 1. The van der Waals surface area contributed by atoms with Crippen molar-refractivity contribution in [3.05, 3.63) is 33.9 Å². The highest BCUT2D eigenvalue weighted by Gasteiger charge is 2.60. The van der Waals surface area contributed by atoms with Crippen molar-refractivity contribution in [2.24, 2.45) is 5.92 Å². The van der Waals surface area contributed by atoms with Crippen LogP contribution in [0.3, 0.4) is 0 Å². The molecule has 21 heterocycles. The maximum atomic E-state index is 12.4. The maximum absolute atomic E-state index is 12.4. The molecule has 1 aromatic rings. The SMILES string of the molecule is CS(=O)(=O)c1ccc(C(=O)C2C(=O)CCCC2=O)c([N+](=O)[O-])c1.OC[C@H]1O[C@@H]2O[C@H]3[C@H](O)[C@@H](O)[C@@H](O[C@H]4[C@H](O)[C@@H](O)[C@@H](O[C@H]5[C@H](O)[C@@H](O)[C@@H](O[C@H]6[C@H](O)[C@@H](O)[C@@H](O[C@H]7[C@H](O)[C@@H](O)[C@@H](O[C@H]8[C@H](O)[C@@H](O)[C@@H](O[C@H]1[C@H](O)[C@H]2O)O[C@@H]8CO)O[C@@H]7CO)O[C@@H]6CO)O[C@@H]5CO)O[C@@H]4CO)O[C@@H]3CO. The third kappa shape index (κ3) is 16.4. The van der Waals surface area contributed by atoms with Crippen molar-refractivity contribution in [2.75, 3.05) is 52.5 Å². The molecule has 43 nitrogen and oxygen atoms in total. The van der Waals surface area contributed by atoms with Gasteiger partial charge in [0.25, 0.3) is 5.69 Å². The molecule has 1 saturated carbocycles. The summed E-state index contributed by atoms with van der Waals surface area (Å²) in [4.78, 5) is 46.0. The van der Waals surface area contributed by atoms with Crippen molar-refractivity contribution in [1.29, 1.82) is 0 Å². The molecule has 0 aromatic heterocycles. The first-order valence-corrected chi connectivity index (χ1v) is 33.2. The largest absolute Gasteiger partial charge is 0.394 e. The smallest absolute Gasteiger partial charge is 0.281 e. The summed E-state index contributed by atoms with van der Waals surface area (Å²) in [5.74, 6) is -3.61. The van der Waals surface area contributed by atoms with Crippen molar-refractivity contribution >= 4 is 32.9 Å². The van der Waals surface area contributed by atoms with Crippen LogP contribution >= 0.6 is 0 Å². The Morgan fingerprint density at radius 2 is 0.600 bits per heavy atom. The molecule has 0 radical (unpaired) electrons. The molecule has 100 heavy (non-hydrogen) atoms. The molecular weight excluding hydrogens is 1390 g/mol. The number of nitro benzene ring substituents is 1. The van der Waals surface area contributed by atoms with E-state index >= 15 is 0 Å². The van der Waals surface area contributed by atoms with Crippen molar-refractivity contribution < 1.29 is 201 Å². The average molecular weight is 1470 g/mol. The standard InChI is InChI=1S/C42H70O35.C14H13NO7S/c43-1-8-29-15(50)22(57)36(64-8)72-30-9(2-44)66-38(24(59)17(30)52)74-32-11(4-46)68-40(26(61)19(32)54)76-34-13(6-48)70-42(28(63)21(34)56)77-35-14(7-49)69-41(27(62)20(35)55)75-33-12(5-47)67-39(25(60)18(33)53)73-31-10(3-45)65-37(71-29)23(58)16(31)51;1-23(21,22)8-5-6-9(10(7-8)15(19)20)14(18)13-11(16)3-2-4-12(13)17/h8-63H,1-7H2;5-7,13H,2-4H2,1H3/t8-,9-,10-,11-,12-,13-,14-,15-,16-,17-,18-,19-,20-,21-,22-,23-,24-,25-,26-,27-,28-,29-,30-,31-,32-,33-,34-,35-,36-,37-,38-,39-,40-,41-,42-;/m1./s1. The molecule has 1 aromatic carbocycles. The van der Waals surface area contributed by atoms with Crippen molar-refractivity contribution in [3.63, 3.8) is 0 Å². The molecular formula is C56H83NO42S. The number of nitrogens with zero attached hydrogens (tertiary/aromatic N) is 1. The van der Waals surface area contributed by atoms with E-state index in [2.05, 4.69) is 0 Å². The summed E-state index contributed by atoms with van der Waals surface area (Å²) >= 11 is 0. The summed E-state index contributed by atoms with van der Waals surface area (Å²) in [5, 5.41) is 241. The monoisotopic (exact) mass is 1470 g/mol. The Morgan fingerprint density at radius 1 is 0.390 bits per heavy atom. The summed E-state index contributed by atoms with van der Waals surface area (Å²) in [6, 6.07) is 2.79. The number of hydrogen-bond donors (Lipinski definition) is 21. The number of hydrogen-bond acceptors (Lipinski definition) is 42. The zero-order chi connectivity index (χ0) is 73.4. The Balaban J connectivity index is 0.000000428. The van der Waals surface area contributed by atoms with Gasteiger partial charge in [0.2, 0.25) is 0 Å². The minimum Gasteiger partial charge on any atom is -0.394 e. The zero-order valence-corrected chi connectivity index (χ0v) is 53.2. The van der Waals surface area contributed by atoms with Crippen LogP contribution in [0.25, 0.3) is 0 Å². The lowest BCUT2D eigenvalue weighted by atomic mass is 9.81. The normalized spacial score (nSPS) is 46.4. The fourth-order valence-electron chi connectivity index (χ4n) is 12.9. The highest BCUT2D eigenvalue weighted by Crippen LogP contribution is 2.40. The molecule has 0 amide bonds. The predicted molar refractivity (Wildman–Crippen MR) is 306 cm³/mol. The molecule has 14 bridgehead atoms. The molecule has 21 N–H and O–H groups in total. The minimum absolute atomic E-state index is 0.0668. The second-order valence-corrected chi connectivity index (χ2v) is 27.0. The number of rotatable bonds is 11. The lowest BCUT2D eigenvalue weighted by molar-refractivity contribution is -0.396. The maximum Gasteiger partial charge on any atom is 0.281 e. The van der Waals surface area contributed by atoms with E-state index in [4.69, 9.17) is 66.3 Å². The van der Waals surface area contributed by atoms with E-state index in [1.165, 1.54) is 0 Å². The minimum atomic E-state index is -3.70. The number of carbonyl (C=O) groups is 3. The second kappa shape index (κ2) is 33.7. The van der Waals surface area contributed by atoms with Gasteiger partial charge in [0.15, 0.2) is 71.2 Å². The van der Waals surface area contributed by atoms with E-state index in [0.29, 0.717) is 6.42 Å². The Morgan fingerprint density at radius 3 is 0.780 bits per heavy atom. The van der Waals surface area contributed by atoms with Gasteiger partial charge in [0.05, 0.1) is 61.6 Å². The Labute approximate surface area is 564 Å². The van der Waals surface area contributed by atoms with Crippen LogP contribution < -0.4 is 0 Å². The molecule has 22 fully saturated rings. The van der Waals surface area contributed by atoms with Gasteiger partial charge < -0.3 is 174 Å². The van der Waals surface area contributed by atoms with E-state index < -0.39 is 310 Å². The Bertz CT molecular complexity index is 2650. The molecule has 35 atom stereocenters. The van der Waals surface area contributed by atoms with Gasteiger partial charge in [-0.05, 0) is 18.6 Å². The van der Waals surface area contributed by atoms with Gasteiger partial charge in [-0.15, -0.1) is 0 Å². The number of aliphatic hydroxyl groups is 21. The molecule has 1 aliphatic carbocycles. The van der Waals surface area contributed by atoms with E-state index in [1.54, 1.807) is 0 Å². The molecule has 0 spiro atoms. The number of benzene rings is 1. The third-order valence-electron chi connectivity index (χ3n) is 18.4. The average Bonchev–Trinajstić information content (AvgIpc) is 0.783. The fraction of sp³-hybridized carbons (Fsp3) is 0.839. The van der Waals surface area contributed by atoms with Gasteiger partial charge in [0.1, 0.15) is 177 Å². The lowest BCUT2D eigenvalue weighted by Gasteiger charge is -2.50. The fourth-order valence-corrected chi connectivity index (χ4v) is 13.5. The second-order valence-electron chi connectivity index (χ2n) is 24.9. The van der Waals surface area contributed by atoms with Gasteiger partial charge in [-0.1, -0.05) is 0 Å². The lowest BCUT2D eigenvalue weighted by Crippen LogP contribution is -2.68. The molecule has 0 unspecified atom stereocenters. The first-order chi connectivity index (χ1) is 47.3. The Kier molecular flexibility index (Phi) is 27.1. The number of carbonyl (C=O) groups excluding carboxylic acids is 3.